The summed E-state index contributed by atoms with van der Waals surface area (Å²) in [5, 5.41) is 3.84. The second kappa shape index (κ2) is 7.01. The fraction of sp³-hybridized carbons (Fsp3) is 0.133. The monoisotopic (exact) mass is 332 g/mol. The molecule has 0 radical (unpaired) electrons. The summed E-state index contributed by atoms with van der Waals surface area (Å²) in [5.41, 5.74) is 4.01. The van der Waals surface area contributed by atoms with Crippen molar-refractivity contribution in [1.29, 1.82) is 0 Å². The van der Waals surface area contributed by atoms with Crippen LogP contribution in [0, 0.1) is 0 Å². The zero-order chi connectivity index (χ0) is 16.9. The molecule has 7 nitrogen and oxygen atoms in total. The van der Waals surface area contributed by atoms with Crippen molar-refractivity contribution < 1.29 is 13.2 Å². The first-order valence-electron chi connectivity index (χ1n) is 6.65. The smallest absolute Gasteiger partial charge is 0.271 e. The highest BCUT2D eigenvalue weighted by molar-refractivity contribution is 7.92. The van der Waals surface area contributed by atoms with E-state index in [2.05, 4.69) is 15.5 Å². The van der Waals surface area contributed by atoms with Gasteiger partial charge in [0.05, 0.1) is 18.2 Å². The number of hydrogen-bond acceptors (Lipinski definition) is 5. The lowest BCUT2D eigenvalue weighted by atomic mass is 10.2. The highest BCUT2D eigenvalue weighted by Crippen LogP contribution is 2.16. The molecule has 1 N–H and O–H groups in total. The number of anilines is 1. The SMILES string of the molecule is CN(c1ccc(C(=O)N/N=C\c2cccnc2)cc1)S(C)(=O)=O. The van der Waals surface area contributed by atoms with Crippen LogP contribution < -0.4 is 9.73 Å². The molecular formula is C15H16N4O3S. The van der Waals surface area contributed by atoms with Gasteiger partial charge in [-0.05, 0) is 30.3 Å². The third kappa shape index (κ3) is 4.62. The molecule has 8 heteroatoms. The lowest BCUT2D eigenvalue weighted by Crippen LogP contribution is -2.25. The van der Waals surface area contributed by atoms with Gasteiger partial charge < -0.3 is 0 Å². The largest absolute Gasteiger partial charge is 0.274 e. The molecule has 1 aromatic heterocycles. The highest BCUT2D eigenvalue weighted by Gasteiger charge is 2.12. The fourth-order valence-corrected chi connectivity index (χ4v) is 2.20. The van der Waals surface area contributed by atoms with Crippen molar-refractivity contribution >= 4 is 27.8 Å². The molecule has 0 aliphatic rings. The molecule has 23 heavy (non-hydrogen) atoms. The molecule has 0 spiro atoms. The fourth-order valence-electron chi connectivity index (χ4n) is 1.70. The normalized spacial score (nSPS) is 11.4. The summed E-state index contributed by atoms with van der Waals surface area (Å²) >= 11 is 0. The van der Waals surface area contributed by atoms with Crippen LogP contribution in [0.1, 0.15) is 15.9 Å². The van der Waals surface area contributed by atoms with Gasteiger partial charge in [0.1, 0.15) is 0 Å². The summed E-state index contributed by atoms with van der Waals surface area (Å²) in [6.07, 6.45) is 5.86. The summed E-state index contributed by atoms with van der Waals surface area (Å²) in [4.78, 5) is 15.9. The van der Waals surface area contributed by atoms with Crippen LogP contribution in [-0.4, -0.2) is 38.8 Å². The summed E-state index contributed by atoms with van der Waals surface area (Å²) in [5.74, 6) is -0.390. The minimum Gasteiger partial charge on any atom is -0.274 e. The number of carbonyl (C=O) groups excluding carboxylic acids is 1. The number of pyridine rings is 1. The first kappa shape index (κ1) is 16.6. The Balaban J connectivity index is 2.02. The summed E-state index contributed by atoms with van der Waals surface area (Å²) in [6, 6.07) is 9.75. The number of aromatic nitrogens is 1. The highest BCUT2D eigenvalue weighted by atomic mass is 32.2. The van der Waals surface area contributed by atoms with E-state index < -0.39 is 15.9 Å². The van der Waals surface area contributed by atoms with Gasteiger partial charge in [-0.15, -0.1) is 0 Å². The molecule has 120 valence electrons. The molecule has 2 aromatic rings. The van der Waals surface area contributed by atoms with Gasteiger partial charge in [0.25, 0.3) is 5.91 Å². The van der Waals surface area contributed by atoms with Gasteiger partial charge in [-0.2, -0.15) is 5.10 Å². The molecule has 2 rings (SSSR count). The third-order valence-electron chi connectivity index (χ3n) is 3.05. The van der Waals surface area contributed by atoms with E-state index in [0.717, 1.165) is 16.1 Å². The molecule has 0 saturated heterocycles. The Kier molecular flexibility index (Phi) is 5.07. The van der Waals surface area contributed by atoms with E-state index in [1.807, 2.05) is 0 Å². The lowest BCUT2D eigenvalue weighted by molar-refractivity contribution is 0.0955. The molecule has 0 atom stereocenters. The van der Waals surface area contributed by atoms with E-state index in [4.69, 9.17) is 0 Å². The average Bonchev–Trinajstić information content (AvgIpc) is 2.54. The maximum absolute atomic E-state index is 11.9. The summed E-state index contributed by atoms with van der Waals surface area (Å²) < 4.78 is 24.0. The number of amides is 1. The van der Waals surface area contributed by atoms with E-state index in [9.17, 15) is 13.2 Å². The van der Waals surface area contributed by atoms with Crippen LogP contribution in [0.4, 0.5) is 5.69 Å². The van der Waals surface area contributed by atoms with Gasteiger partial charge in [-0.1, -0.05) is 6.07 Å². The zero-order valence-electron chi connectivity index (χ0n) is 12.7. The Morgan fingerprint density at radius 3 is 2.52 bits per heavy atom. The number of hydrazone groups is 1. The Bertz CT molecular complexity index is 802. The molecule has 0 saturated carbocycles. The van der Waals surface area contributed by atoms with Crippen molar-refractivity contribution in [3.05, 3.63) is 59.9 Å². The van der Waals surface area contributed by atoms with Gasteiger partial charge in [0.15, 0.2) is 0 Å². The molecule has 0 aliphatic carbocycles. The van der Waals surface area contributed by atoms with Crippen LogP contribution >= 0.6 is 0 Å². The molecular weight excluding hydrogens is 316 g/mol. The van der Waals surface area contributed by atoms with Gasteiger partial charge >= 0.3 is 0 Å². The number of nitrogens with zero attached hydrogens (tertiary/aromatic N) is 3. The van der Waals surface area contributed by atoms with Gasteiger partial charge in [0, 0.05) is 30.6 Å². The number of carbonyl (C=O) groups is 1. The van der Waals surface area contributed by atoms with Crippen molar-refractivity contribution in [3.8, 4) is 0 Å². The topological polar surface area (TPSA) is 91.7 Å². The van der Waals surface area contributed by atoms with E-state index in [0.29, 0.717) is 11.3 Å². The Morgan fingerprint density at radius 1 is 1.26 bits per heavy atom. The molecule has 0 unspecified atom stereocenters. The summed E-state index contributed by atoms with van der Waals surface area (Å²) in [7, 11) is -1.88. The molecule has 0 bridgehead atoms. The average molecular weight is 332 g/mol. The van der Waals surface area contributed by atoms with E-state index in [1.165, 1.54) is 25.4 Å². The zero-order valence-corrected chi connectivity index (χ0v) is 13.5. The van der Waals surface area contributed by atoms with Crippen LogP contribution in [0.3, 0.4) is 0 Å². The maximum Gasteiger partial charge on any atom is 0.271 e. The molecule has 1 aromatic carbocycles. The van der Waals surface area contributed by atoms with E-state index in [-0.39, 0.29) is 0 Å². The maximum atomic E-state index is 11.9. The van der Waals surface area contributed by atoms with Gasteiger partial charge in [-0.3, -0.25) is 14.1 Å². The molecule has 0 aliphatic heterocycles. The first-order chi connectivity index (χ1) is 10.9. The lowest BCUT2D eigenvalue weighted by Gasteiger charge is -2.16. The number of sulfonamides is 1. The minimum absolute atomic E-state index is 0.374. The van der Waals surface area contributed by atoms with Crippen molar-refractivity contribution in [1.82, 2.24) is 10.4 Å². The van der Waals surface area contributed by atoms with Crippen molar-refractivity contribution in [2.24, 2.45) is 5.10 Å². The predicted molar refractivity (Wildman–Crippen MR) is 89.0 cm³/mol. The molecule has 1 amide bonds. The van der Waals surface area contributed by atoms with Crippen LogP contribution in [0.15, 0.2) is 53.9 Å². The van der Waals surface area contributed by atoms with Crippen LogP contribution in [0.5, 0.6) is 0 Å². The van der Waals surface area contributed by atoms with Crippen LogP contribution in [0.25, 0.3) is 0 Å². The van der Waals surface area contributed by atoms with Crippen molar-refractivity contribution in [3.63, 3.8) is 0 Å². The molecule has 1 heterocycles. The van der Waals surface area contributed by atoms with Gasteiger partial charge in [0.2, 0.25) is 10.0 Å². The summed E-state index contributed by atoms with van der Waals surface area (Å²) in [6.45, 7) is 0. The third-order valence-corrected chi connectivity index (χ3v) is 4.26. The predicted octanol–water partition coefficient (Wildman–Crippen LogP) is 1.24. The number of rotatable bonds is 5. The Labute approximate surface area is 134 Å². The Hall–Kier alpha value is -2.74. The minimum atomic E-state index is -3.33. The second-order valence-electron chi connectivity index (χ2n) is 4.76. The van der Waals surface area contributed by atoms with E-state index >= 15 is 0 Å². The first-order valence-corrected chi connectivity index (χ1v) is 8.50. The quantitative estimate of drug-likeness (QED) is 0.659. The number of benzene rings is 1. The second-order valence-corrected chi connectivity index (χ2v) is 6.78. The van der Waals surface area contributed by atoms with Crippen molar-refractivity contribution in [2.75, 3.05) is 17.6 Å². The van der Waals surface area contributed by atoms with Crippen LogP contribution in [-0.2, 0) is 10.0 Å². The standard InChI is InChI=1S/C15H16N4O3S/c1-19(23(2,21)22)14-7-5-13(6-8-14)15(20)18-17-11-12-4-3-9-16-10-12/h3-11H,1-2H3,(H,18,20)/b17-11-. The number of nitrogens with one attached hydrogen (secondary N) is 1. The number of hydrogen-bond donors (Lipinski definition) is 1. The van der Waals surface area contributed by atoms with Crippen molar-refractivity contribution in [2.45, 2.75) is 0 Å². The van der Waals surface area contributed by atoms with Crippen LogP contribution in [0.2, 0.25) is 0 Å². The van der Waals surface area contributed by atoms with E-state index in [1.54, 1.807) is 36.7 Å². The Morgan fingerprint density at radius 2 is 1.96 bits per heavy atom. The molecule has 0 fully saturated rings. The van der Waals surface area contributed by atoms with Gasteiger partial charge in [-0.25, -0.2) is 13.8 Å².